The Morgan fingerprint density at radius 2 is 1.79 bits per heavy atom. The number of hydrogen-bond acceptors (Lipinski definition) is 6. The number of likely N-dealkylation sites (N-methyl/N-ethyl adjacent to an activating group) is 1. The van der Waals surface area contributed by atoms with Crippen molar-refractivity contribution in [2.75, 3.05) is 32.1 Å². The van der Waals surface area contributed by atoms with Crippen LogP contribution in [0.1, 0.15) is 18.1 Å². The maximum atomic E-state index is 13.7. The van der Waals surface area contributed by atoms with Gasteiger partial charge in [-0.1, -0.05) is 31.2 Å². The van der Waals surface area contributed by atoms with Crippen molar-refractivity contribution in [1.29, 1.82) is 0 Å². The number of anilines is 1. The number of amides is 3. The van der Waals surface area contributed by atoms with Crippen LogP contribution in [-0.4, -0.2) is 72.4 Å². The standard InChI is InChI=1S/C25H31N5O3/c1-16-13-28(19-9-11-20(33-4)12-10-19)24-26-22-21(29(24)14-16)23(31)30(25(32)27(22)3)15-18-8-6-5-7-17(18)2/h5-12,16,21-22,24,26H,13-15H2,1-4H3. The number of carbonyl (C=O) groups is 2. The van der Waals surface area contributed by atoms with Crippen molar-refractivity contribution in [3.63, 3.8) is 0 Å². The van der Waals surface area contributed by atoms with Gasteiger partial charge in [0, 0.05) is 25.8 Å². The maximum Gasteiger partial charge on any atom is 0.328 e. The number of ether oxygens (including phenoxy) is 1. The van der Waals surface area contributed by atoms with E-state index in [9.17, 15) is 9.59 Å². The van der Waals surface area contributed by atoms with Crippen molar-refractivity contribution in [3.05, 3.63) is 59.7 Å². The van der Waals surface area contributed by atoms with Crippen LogP contribution in [0.2, 0.25) is 0 Å². The Morgan fingerprint density at radius 1 is 1.06 bits per heavy atom. The highest BCUT2D eigenvalue weighted by Crippen LogP contribution is 2.35. The predicted octanol–water partition coefficient (Wildman–Crippen LogP) is 2.44. The molecule has 0 bridgehead atoms. The molecule has 4 unspecified atom stereocenters. The molecule has 3 aliphatic rings. The molecule has 33 heavy (non-hydrogen) atoms. The number of methoxy groups -OCH3 is 1. The molecule has 5 rings (SSSR count). The second-order valence-electron chi connectivity index (χ2n) is 9.33. The SMILES string of the molecule is COc1ccc(N2CC(C)CN3C4C(=O)N(Cc5ccccc5C)C(=O)N(C)C4NC23)cc1. The van der Waals surface area contributed by atoms with Crippen LogP contribution in [0.15, 0.2) is 48.5 Å². The fraction of sp³-hybridized carbons (Fsp3) is 0.440. The topological polar surface area (TPSA) is 68.4 Å². The van der Waals surface area contributed by atoms with Crippen LogP contribution in [0.25, 0.3) is 0 Å². The van der Waals surface area contributed by atoms with Crippen LogP contribution in [0, 0.1) is 12.8 Å². The maximum absolute atomic E-state index is 13.7. The molecule has 0 saturated carbocycles. The lowest BCUT2D eigenvalue weighted by molar-refractivity contribution is -0.139. The van der Waals surface area contributed by atoms with Gasteiger partial charge in [0.25, 0.3) is 5.91 Å². The summed E-state index contributed by atoms with van der Waals surface area (Å²) in [6.07, 6.45) is -0.531. The van der Waals surface area contributed by atoms with E-state index in [1.165, 1.54) is 4.90 Å². The summed E-state index contributed by atoms with van der Waals surface area (Å²) in [7, 11) is 3.44. The van der Waals surface area contributed by atoms with Crippen molar-refractivity contribution in [2.24, 2.45) is 5.92 Å². The number of hydrogen-bond donors (Lipinski definition) is 1. The minimum absolute atomic E-state index is 0.134. The van der Waals surface area contributed by atoms with E-state index in [0.717, 1.165) is 35.7 Å². The van der Waals surface area contributed by atoms with Crippen LogP contribution >= 0.6 is 0 Å². The van der Waals surface area contributed by atoms with E-state index in [4.69, 9.17) is 4.74 Å². The molecule has 2 aromatic rings. The average Bonchev–Trinajstić information content (AvgIpc) is 3.20. The second-order valence-corrected chi connectivity index (χ2v) is 9.33. The molecule has 0 spiro atoms. The molecular formula is C25H31N5O3. The van der Waals surface area contributed by atoms with Gasteiger partial charge in [0.15, 0.2) is 0 Å². The number of imide groups is 1. The molecule has 3 heterocycles. The Labute approximate surface area is 194 Å². The Kier molecular flexibility index (Phi) is 5.50. The zero-order valence-corrected chi connectivity index (χ0v) is 19.6. The van der Waals surface area contributed by atoms with Gasteiger partial charge >= 0.3 is 6.03 Å². The first-order valence-electron chi connectivity index (χ1n) is 11.4. The quantitative estimate of drug-likeness (QED) is 0.774. The summed E-state index contributed by atoms with van der Waals surface area (Å²) in [6, 6.07) is 15.2. The number of aryl methyl sites for hydroxylation is 1. The fourth-order valence-electron chi connectivity index (χ4n) is 5.30. The number of nitrogens with zero attached hydrogens (tertiary/aromatic N) is 4. The van der Waals surface area contributed by atoms with Gasteiger partial charge in [0.1, 0.15) is 24.2 Å². The van der Waals surface area contributed by atoms with Crippen LogP contribution in [0.5, 0.6) is 5.75 Å². The van der Waals surface area contributed by atoms with E-state index in [1.54, 1.807) is 19.1 Å². The fourth-order valence-corrected chi connectivity index (χ4v) is 5.30. The van der Waals surface area contributed by atoms with Crippen molar-refractivity contribution in [2.45, 2.75) is 38.9 Å². The third-order valence-electron chi connectivity index (χ3n) is 7.08. The molecule has 8 nitrogen and oxygen atoms in total. The Morgan fingerprint density at radius 3 is 2.48 bits per heavy atom. The van der Waals surface area contributed by atoms with Crippen molar-refractivity contribution < 1.29 is 14.3 Å². The zero-order valence-electron chi connectivity index (χ0n) is 19.6. The van der Waals surface area contributed by atoms with E-state index >= 15 is 0 Å². The van der Waals surface area contributed by atoms with Gasteiger partial charge in [0.2, 0.25) is 0 Å². The number of carbonyl (C=O) groups excluding carboxylic acids is 2. The Bertz CT molecular complexity index is 1060. The highest BCUT2D eigenvalue weighted by Gasteiger charge is 2.56. The number of fused-ring (bicyclic) bond motifs is 3. The first-order chi connectivity index (χ1) is 15.9. The number of rotatable bonds is 4. The van der Waals surface area contributed by atoms with Crippen LogP contribution < -0.4 is 15.0 Å². The molecular weight excluding hydrogens is 418 g/mol. The second kappa shape index (κ2) is 8.35. The van der Waals surface area contributed by atoms with E-state index in [1.807, 2.05) is 55.5 Å². The van der Waals surface area contributed by atoms with Gasteiger partial charge in [-0.2, -0.15) is 0 Å². The minimum Gasteiger partial charge on any atom is -0.497 e. The molecule has 1 N–H and O–H groups in total. The van der Waals surface area contributed by atoms with Gasteiger partial charge in [-0.15, -0.1) is 0 Å². The van der Waals surface area contributed by atoms with Crippen LogP contribution in [0.3, 0.4) is 0 Å². The smallest absolute Gasteiger partial charge is 0.328 e. The Hall–Kier alpha value is -3.10. The molecule has 3 aliphatic heterocycles. The summed E-state index contributed by atoms with van der Waals surface area (Å²) >= 11 is 0. The zero-order chi connectivity index (χ0) is 23.3. The first-order valence-corrected chi connectivity index (χ1v) is 11.4. The molecule has 3 amide bonds. The lowest BCUT2D eigenvalue weighted by Gasteiger charge is -2.46. The lowest BCUT2D eigenvalue weighted by Crippen LogP contribution is -2.66. The van der Waals surface area contributed by atoms with Gasteiger partial charge in [-0.3, -0.25) is 19.9 Å². The first kappa shape index (κ1) is 21.7. The van der Waals surface area contributed by atoms with Crippen LogP contribution in [-0.2, 0) is 11.3 Å². The van der Waals surface area contributed by atoms with Crippen LogP contribution in [0.4, 0.5) is 10.5 Å². The summed E-state index contributed by atoms with van der Waals surface area (Å²) in [5.41, 5.74) is 3.12. The van der Waals surface area contributed by atoms with Gasteiger partial charge < -0.3 is 14.5 Å². The highest BCUT2D eigenvalue weighted by atomic mass is 16.5. The summed E-state index contributed by atoms with van der Waals surface area (Å²) in [5, 5.41) is 3.58. The molecule has 3 saturated heterocycles. The molecule has 2 aromatic carbocycles. The van der Waals surface area contributed by atoms with Gasteiger partial charge in [-0.25, -0.2) is 4.79 Å². The highest BCUT2D eigenvalue weighted by molar-refractivity contribution is 6.00. The summed E-state index contributed by atoms with van der Waals surface area (Å²) in [4.78, 5) is 34.5. The van der Waals surface area contributed by atoms with Crippen molar-refractivity contribution in [3.8, 4) is 5.75 Å². The Balaban J connectivity index is 1.45. The summed E-state index contributed by atoms with van der Waals surface area (Å²) in [5.74, 6) is 1.04. The largest absolute Gasteiger partial charge is 0.497 e. The lowest BCUT2D eigenvalue weighted by atomic mass is 10.0. The summed E-state index contributed by atoms with van der Waals surface area (Å²) < 4.78 is 5.31. The number of nitrogens with one attached hydrogen (secondary N) is 1. The molecule has 8 heteroatoms. The molecule has 0 aromatic heterocycles. The average molecular weight is 450 g/mol. The monoisotopic (exact) mass is 449 g/mol. The molecule has 174 valence electrons. The normalized spacial score (nSPS) is 27.6. The minimum atomic E-state index is -0.426. The molecule has 0 radical (unpaired) electrons. The van der Waals surface area contributed by atoms with Gasteiger partial charge in [-0.05, 0) is 48.2 Å². The van der Waals surface area contributed by atoms with E-state index in [0.29, 0.717) is 5.92 Å². The third kappa shape index (κ3) is 3.63. The predicted molar refractivity (Wildman–Crippen MR) is 126 cm³/mol. The molecule has 0 aliphatic carbocycles. The number of urea groups is 1. The summed E-state index contributed by atoms with van der Waals surface area (Å²) in [6.45, 7) is 6.14. The third-order valence-corrected chi connectivity index (χ3v) is 7.08. The van der Waals surface area contributed by atoms with Crippen molar-refractivity contribution in [1.82, 2.24) is 20.0 Å². The molecule has 4 atom stereocenters. The number of benzene rings is 2. The van der Waals surface area contributed by atoms with E-state index in [2.05, 4.69) is 22.0 Å². The molecule has 3 fully saturated rings. The van der Waals surface area contributed by atoms with Gasteiger partial charge in [0.05, 0.1) is 13.7 Å². The van der Waals surface area contributed by atoms with Crippen molar-refractivity contribution >= 4 is 17.6 Å². The van der Waals surface area contributed by atoms with E-state index in [-0.39, 0.29) is 30.9 Å². The van der Waals surface area contributed by atoms with E-state index < -0.39 is 6.04 Å².